The predicted octanol–water partition coefficient (Wildman–Crippen LogP) is 1.10. The Kier molecular flexibility index (Phi) is 3.67. The van der Waals surface area contributed by atoms with Crippen molar-refractivity contribution in [3.05, 3.63) is 24.0 Å². The van der Waals surface area contributed by atoms with Crippen LogP contribution in [0.4, 0.5) is 5.69 Å². The molecule has 0 atom stereocenters. The van der Waals surface area contributed by atoms with Crippen molar-refractivity contribution < 1.29 is 10.0 Å². The summed E-state index contributed by atoms with van der Waals surface area (Å²) in [4.78, 5) is 16.0. The van der Waals surface area contributed by atoms with Gasteiger partial charge >= 0.3 is 0 Å². The highest BCUT2D eigenvalue weighted by molar-refractivity contribution is 6.11. The van der Waals surface area contributed by atoms with Gasteiger partial charge in [0.1, 0.15) is 5.41 Å². The molecule has 0 bridgehead atoms. The molecule has 0 aromatic carbocycles. The van der Waals surface area contributed by atoms with Gasteiger partial charge in [0.15, 0.2) is 5.84 Å². The minimum absolute atomic E-state index is 0.143. The van der Waals surface area contributed by atoms with E-state index in [4.69, 9.17) is 10.9 Å². The molecule has 1 amide bonds. The third-order valence-electron chi connectivity index (χ3n) is 2.48. The first-order valence-corrected chi connectivity index (χ1v) is 5.10. The molecule has 0 radical (unpaired) electrons. The van der Waals surface area contributed by atoms with E-state index in [1.165, 1.54) is 0 Å². The van der Waals surface area contributed by atoms with Crippen LogP contribution in [0.25, 0.3) is 0 Å². The Labute approximate surface area is 99.5 Å². The largest absolute Gasteiger partial charge is 0.409 e. The Morgan fingerprint density at radius 3 is 2.65 bits per heavy atom. The smallest absolute Gasteiger partial charge is 0.237 e. The van der Waals surface area contributed by atoms with Crippen molar-refractivity contribution >= 4 is 17.4 Å². The van der Waals surface area contributed by atoms with Gasteiger partial charge in [-0.15, -0.1) is 0 Å². The lowest BCUT2D eigenvalue weighted by atomic mass is 9.91. The zero-order chi connectivity index (χ0) is 13.1. The van der Waals surface area contributed by atoms with Crippen molar-refractivity contribution in [2.24, 2.45) is 16.3 Å². The highest BCUT2D eigenvalue weighted by atomic mass is 16.4. The van der Waals surface area contributed by atoms with Gasteiger partial charge in [-0.1, -0.05) is 5.16 Å². The Hall–Kier alpha value is -2.11. The average molecular weight is 236 g/mol. The van der Waals surface area contributed by atoms with Gasteiger partial charge in [-0.2, -0.15) is 0 Å². The summed E-state index contributed by atoms with van der Waals surface area (Å²) in [5.74, 6) is -0.506. The summed E-state index contributed by atoms with van der Waals surface area (Å²) in [7, 11) is 0. The lowest BCUT2D eigenvalue weighted by molar-refractivity contribution is -0.121. The molecule has 4 N–H and O–H groups in total. The van der Waals surface area contributed by atoms with Crippen LogP contribution in [0, 0.1) is 12.3 Å². The minimum Gasteiger partial charge on any atom is -0.409 e. The number of nitrogens with one attached hydrogen (secondary N) is 1. The zero-order valence-corrected chi connectivity index (χ0v) is 10.1. The molecular weight excluding hydrogens is 220 g/mol. The van der Waals surface area contributed by atoms with Crippen LogP contribution in [0.1, 0.15) is 19.5 Å². The molecule has 0 saturated heterocycles. The number of aryl methyl sites for hydroxylation is 1. The second-order valence-corrected chi connectivity index (χ2v) is 4.25. The summed E-state index contributed by atoms with van der Waals surface area (Å²) in [5, 5.41) is 14.1. The fourth-order valence-corrected chi connectivity index (χ4v) is 1.07. The minimum atomic E-state index is -1.08. The van der Waals surface area contributed by atoms with E-state index in [1.54, 1.807) is 32.2 Å². The summed E-state index contributed by atoms with van der Waals surface area (Å²) in [6.45, 7) is 4.99. The van der Waals surface area contributed by atoms with Gasteiger partial charge in [-0.25, -0.2) is 0 Å². The number of carbonyl (C=O) groups is 1. The van der Waals surface area contributed by atoms with Crippen LogP contribution < -0.4 is 11.1 Å². The average Bonchev–Trinajstić information content (AvgIpc) is 2.30. The number of carbonyl (C=O) groups excluding carboxylic acids is 1. The van der Waals surface area contributed by atoms with Crippen LogP contribution in [0.15, 0.2) is 23.5 Å². The zero-order valence-electron chi connectivity index (χ0n) is 10.1. The molecule has 17 heavy (non-hydrogen) atoms. The lowest BCUT2D eigenvalue weighted by Gasteiger charge is -2.21. The molecule has 1 aromatic rings. The Morgan fingerprint density at radius 1 is 1.53 bits per heavy atom. The number of rotatable bonds is 3. The van der Waals surface area contributed by atoms with E-state index in [2.05, 4.69) is 15.5 Å². The van der Waals surface area contributed by atoms with Gasteiger partial charge < -0.3 is 16.3 Å². The fraction of sp³-hybridized carbons (Fsp3) is 0.364. The number of aromatic nitrogens is 1. The first-order chi connectivity index (χ1) is 7.87. The maximum atomic E-state index is 11.9. The topological polar surface area (TPSA) is 101 Å². The second kappa shape index (κ2) is 4.82. The quantitative estimate of drug-likeness (QED) is 0.316. The van der Waals surface area contributed by atoms with Crippen molar-refractivity contribution in [2.45, 2.75) is 20.8 Å². The maximum Gasteiger partial charge on any atom is 0.237 e. The Morgan fingerprint density at radius 2 is 2.18 bits per heavy atom. The van der Waals surface area contributed by atoms with E-state index < -0.39 is 5.41 Å². The van der Waals surface area contributed by atoms with E-state index in [1.807, 2.05) is 6.92 Å². The standard InChI is InChI=1S/C11H16N4O2/c1-7-4-5-8(6-13-7)14-10(16)11(2,3)9(12)15-17/h4-6,17H,1-3H3,(H2,12,15)(H,14,16). The van der Waals surface area contributed by atoms with Crippen LogP contribution in [-0.4, -0.2) is 21.9 Å². The number of anilines is 1. The lowest BCUT2D eigenvalue weighted by Crippen LogP contribution is -2.42. The number of hydrogen-bond donors (Lipinski definition) is 3. The van der Waals surface area contributed by atoms with Crippen molar-refractivity contribution in [1.82, 2.24) is 4.98 Å². The van der Waals surface area contributed by atoms with E-state index in [-0.39, 0.29) is 11.7 Å². The summed E-state index contributed by atoms with van der Waals surface area (Å²) in [5.41, 5.74) is 5.80. The number of amidine groups is 1. The first-order valence-electron chi connectivity index (χ1n) is 5.10. The molecule has 0 aliphatic rings. The molecule has 92 valence electrons. The van der Waals surface area contributed by atoms with Crippen molar-refractivity contribution in [1.29, 1.82) is 0 Å². The van der Waals surface area contributed by atoms with E-state index in [9.17, 15) is 4.79 Å². The highest BCUT2D eigenvalue weighted by Crippen LogP contribution is 2.18. The Bertz CT molecular complexity index is 437. The van der Waals surface area contributed by atoms with E-state index in [0.717, 1.165) is 5.69 Å². The third-order valence-corrected chi connectivity index (χ3v) is 2.48. The normalized spacial score (nSPS) is 12.3. The van der Waals surface area contributed by atoms with E-state index in [0.29, 0.717) is 5.69 Å². The summed E-state index contributed by atoms with van der Waals surface area (Å²) < 4.78 is 0. The molecule has 0 fully saturated rings. The van der Waals surface area contributed by atoms with Crippen LogP contribution in [0.2, 0.25) is 0 Å². The first kappa shape index (κ1) is 13.0. The molecule has 0 unspecified atom stereocenters. The van der Waals surface area contributed by atoms with Gasteiger partial charge in [-0.3, -0.25) is 9.78 Å². The van der Waals surface area contributed by atoms with E-state index >= 15 is 0 Å². The summed E-state index contributed by atoms with van der Waals surface area (Å²) in [6, 6.07) is 3.52. The number of amides is 1. The number of pyridine rings is 1. The molecule has 6 heteroatoms. The molecule has 1 aromatic heterocycles. The molecule has 0 saturated carbocycles. The SMILES string of the molecule is Cc1ccc(NC(=O)C(C)(C)/C(N)=N/O)cn1. The molecule has 1 rings (SSSR count). The molecule has 0 aliphatic heterocycles. The van der Waals surface area contributed by atoms with Gasteiger partial charge in [0.05, 0.1) is 11.9 Å². The Balaban J connectivity index is 2.82. The summed E-state index contributed by atoms with van der Waals surface area (Å²) in [6.07, 6.45) is 1.55. The molecule has 0 aliphatic carbocycles. The molecule has 6 nitrogen and oxygen atoms in total. The highest BCUT2D eigenvalue weighted by Gasteiger charge is 2.32. The van der Waals surface area contributed by atoms with Crippen LogP contribution in [0.5, 0.6) is 0 Å². The van der Waals surface area contributed by atoms with Crippen molar-refractivity contribution in [3.8, 4) is 0 Å². The van der Waals surface area contributed by atoms with Gasteiger partial charge in [0, 0.05) is 5.69 Å². The maximum absolute atomic E-state index is 11.9. The number of nitrogens with two attached hydrogens (primary N) is 1. The van der Waals surface area contributed by atoms with Crippen LogP contribution in [0.3, 0.4) is 0 Å². The van der Waals surface area contributed by atoms with Gasteiger partial charge in [-0.05, 0) is 32.9 Å². The fourth-order valence-electron chi connectivity index (χ4n) is 1.07. The summed E-state index contributed by atoms with van der Waals surface area (Å²) >= 11 is 0. The van der Waals surface area contributed by atoms with Crippen LogP contribution in [-0.2, 0) is 4.79 Å². The van der Waals surface area contributed by atoms with Gasteiger partial charge in [0.25, 0.3) is 0 Å². The van der Waals surface area contributed by atoms with Crippen LogP contribution >= 0.6 is 0 Å². The van der Waals surface area contributed by atoms with Crippen molar-refractivity contribution in [3.63, 3.8) is 0 Å². The number of nitrogens with zero attached hydrogens (tertiary/aromatic N) is 2. The van der Waals surface area contributed by atoms with Gasteiger partial charge in [0.2, 0.25) is 5.91 Å². The van der Waals surface area contributed by atoms with Crippen molar-refractivity contribution in [2.75, 3.05) is 5.32 Å². The molecule has 1 heterocycles. The molecule has 0 spiro atoms. The second-order valence-electron chi connectivity index (χ2n) is 4.25. The third kappa shape index (κ3) is 2.93. The molecular formula is C11H16N4O2. The predicted molar refractivity (Wildman–Crippen MR) is 64.8 cm³/mol. The number of hydrogen-bond acceptors (Lipinski definition) is 4. The number of oxime groups is 1. The monoisotopic (exact) mass is 236 g/mol.